The summed E-state index contributed by atoms with van der Waals surface area (Å²) in [6.45, 7) is 9.29. The second-order valence-corrected chi connectivity index (χ2v) is 7.94. The fourth-order valence-electron chi connectivity index (χ4n) is 4.27. The van der Waals surface area contributed by atoms with E-state index in [-0.39, 0.29) is 5.91 Å². The Balaban J connectivity index is 1.49. The van der Waals surface area contributed by atoms with Crippen LogP contribution in [0.1, 0.15) is 27.3 Å². The largest absolute Gasteiger partial charge is 0.497 e. The van der Waals surface area contributed by atoms with Gasteiger partial charge in [0.2, 0.25) is 0 Å². The minimum Gasteiger partial charge on any atom is -0.497 e. The molecule has 0 aliphatic carbocycles. The molecule has 1 aliphatic heterocycles. The third-order valence-corrected chi connectivity index (χ3v) is 5.93. The van der Waals surface area contributed by atoms with Gasteiger partial charge in [-0.25, -0.2) is 0 Å². The van der Waals surface area contributed by atoms with E-state index < -0.39 is 0 Å². The Morgan fingerprint density at radius 2 is 1.57 bits per heavy atom. The van der Waals surface area contributed by atoms with Gasteiger partial charge in [0.25, 0.3) is 5.91 Å². The topological polar surface area (TPSA) is 37.7 Å². The summed E-state index contributed by atoms with van der Waals surface area (Å²) < 4.78 is 7.42. The first-order valence-electron chi connectivity index (χ1n) is 10.4. The fourth-order valence-corrected chi connectivity index (χ4v) is 4.27. The van der Waals surface area contributed by atoms with E-state index in [9.17, 15) is 4.79 Å². The molecule has 1 amide bonds. The molecule has 156 valence electrons. The van der Waals surface area contributed by atoms with Gasteiger partial charge < -0.3 is 19.1 Å². The number of piperazine rings is 1. The summed E-state index contributed by atoms with van der Waals surface area (Å²) in [4.78, 5) is 17.6. The molecule has 0 bridgehead atoms. The fraction of sp³-hybridized carbons (Fsp3) is 0.320. The molecule has 0 atom stereocenters. The normalized spacial score (nSPS) is 14.1. The standard InChI is InChI=1S/C25H29N3O2/c1-18-6-5-7-22(16-18)28-19(2)17-24(20(28)3)25(29)27-14-12-26(13-15-27)21-8-10-23(30-4)11-9-21/h5-11,16-17H,12-15H2,1-4H3. The van der Waals surface area contributed by atoms with E-state index in [2.05, 4.69) is 59.7 Å². The number of hydrogen-bond donors (Lipinski definition) is 0. The van der Waals surface area contributed by atoms with Gasteiger partial charge in [-0.15, -0.1) is 0 Å². The summed E-state index contributed by atoms with van der Waals surface area (Å²) in [6.07, 6.45) is 0. The Labute approximate surface area is 178 Å². The summed E-state index contributed by atoms with van der Waals surface area (Å²) >= 11 is 0. The van der Waals surface area contributed by atoms with Gasteiger partial charge >= 0.3 is 0 Å². The van der Waals surface area contributed by atoms with Crippen LogP contribution in [0.25, 0.3) is 5.69 Å². The number of anilines is 1. The molecule has 2 aromatic carbocycles. The van der Waals surface area contributed by atoms with E-state index in [0.717, 1.165) is 54.6 Å². The van der Waals surface area contributed by atoms with E-state index >= 15 is 0 Å². The molecule has 2 heterocycles. The maximum atomic E-state index is 13.3. The third kappa shape index (κ3) is 3.80. The van der Waals surface area contributed by atoms with E-state index in [1.54, 1.807) is 7.11 Å². The second-order valence-electron chi connectivity index (χ2n) is 7.94. The monoisotopic (exact) mass is 403 g/mol. The smallest absolute Gasteiger partial charge is 0.255 e. The van der Waals surface area contributed by atoms with Crippen molar-refractivity contribution in [1.82, 2.24) is 9.47 Å². The SMILES string of the molecule is COc1ccc(N2CCN(C(=O)c3cc(C)n(-c4cccc(C)c4)c3C)CC2)cc1. The molecule has 0 N–H and O–H groups in total. The lowest BCUT2D eigenvalue weighted by Gasteiger charge is -2.36. The summed E-state index contributed by atoms with van der Waals surface area (Å²) in [5.74, 6) is 0.980. The Morgan fingerprint density at radius 1 is 0.867 bits per heavy atom. The van der Waals surface area contributed by atoms with Crippen LogP contribution in [0, 0.1) is 20.8 Å². The second kappa shape index (κ2) is 8.27. The van der Waals surface area contributed by atoms with Crippen molar-refractivity contribution in [3.8, 4) is 11.4 Å². The van der Waals surface area contributed by atoms with Crippen LogP contribution in [0.2, 0.25) is 0 Å². The maximum Gasteiger partial charge on any atom is 0.255 e. The van der Waals surface area contributed by atoms with Crippen LogP contribution in [0.4, 0.5) is 5.69 Å². The lowest BCUT2D eigenvalue weighted by molar-refractivity contribution is 0.0746. The number of aromatic nitrogens is 1. The van der Waals surface area contributed by atoms with Gasteiger partial charge in [-0.2, -0.15) is 0 Å². The van der Waals surface area contributed by atoms with Crippen LogP contribution in [0.3, 0.4) is 0 Å². The molecule has 1 aromatic heterocycles. The summed E-state index contributed by atoms with van der Waals surface area (Å²) in [5, 5.41) is 0. The highest BCUT2D eigenvalue weighted by atomic mass is 16.5. The summed E-state index contributed by atoms with van der Waals surface area (Å²) in [5.41, 5.74) is 6.36. The Bertz CT molecular complexity index is 1040. The molecule has 1 saturated heterocycles. The number of carbonyl (C=O) groups is 1. The number of rotatable bonds is 4. The van der Waals surface area contributed by atoms with E-state index in [1.807, 2.05) is 30.0 Å². The molecule has 4 rings (SSSR count). The van der Waals surface area contributed by atoms with Gasteiger partial charge in [-0.05, 0) is 68.8 Å². The molecular formula is C25H29N3O2. The van der Waals surface area contributed by atoms with Gasteiger partial charge in [0.1, 0.15) is 5.75 Å². The van der Waals surface area contributed by atoms with Crippen LogP contribution in [0.15, 0.2) is 54.6 Å². The van der Waals surface area contributed by atoms with E-state index in [1.165, 1.54) is 11.3 Å². The molecule has 0 spiro atoms. The molecule has 5 heteroatoms. The molecule has 3 aromatic rings. The molecule has 1 aliphatic rings. The van der Waals surface area contributed by atoms with Crippen molar-refractivity contribution in [2.45, 2.75) is 20.8 Å². The van der Waals surface area contributed by atoms with Crippen molar-refractivity contribution in [3.63, 3.8) is 0 Å². The quantitative estimate of drug-likeness (QED) is 0.649. The number of amides is 1. The van der Waals surface area contributed by atoms with Crippen molar-refractivity contribution in [1.29, 1.82) is 0 Å². The average Bonchev–Trinajstić information content (AvgIpc) is 3.07. The number of methoxy groups -OCH3 is 1. The molecule has 0 saturated carbocycles. The number of aryl methyl sites for hydroxylation is 2. The predicted octanol–water partition coefficient (Wildman–Crippen LogP) is 4.37. The van der Waals surface area contributed by atoms with Crippen LogP contribution >= 0.6 is 0 Å². The highest BCUT2D eigenvalue weighted by Crippen LogP contribution is 2.24. The zero-order valence-corrected chi connectivity index (χ0v) is 18.2. The summed E-state index contributed by atoms with van der Waals surface area (Å²) in [6, 6.07) is 18.5. The first kappa shape index (κ1) is 20.1. The lowest BCUT2D eigenvalue weighted by Crippen LogP contribution is -2.48. The Hall–Kier alpha value is -3.21. The van der Waals surface area contributed by atoms with Crippen molar-refractivity contribution in [3.05, 3.63) is 77.1 Å². The van der Waals surface area contributed by atoms with E-state index in [4.69, 9.17) is 4.74 Å². The van der Waals surface area contributed by atoms with Gasteiger partial charge in [0.15, 0.2) is 0 Å². The summed E-state index contributed by atoms with van der Waals surface area (Å²) in [7, 11) is 1.68. The third-order valence-electron chi connectivity index (χ3n) is 5.93. The number of benzene rings is 2. The molecule has 30 heavy (non-hydrogen) atoms. The Morgan fingerprint density at radius 3 is 2.20 bits per heavy atom. The van der Waals surface area contributed by atoms with Gasteiger partial charge in [-0.1, -0.05) is 12.1 Å². The zero-order chi connectivity index (χ0) is 21.3. The number of nitrogens with zero attached hydrogens (tertiary/aromatic N) is 3. The van der Waals surface area contributed by atoms with Crippen LogP contribution in [-0.2, 0) is 0 Å². The molecule has 0 unspecified atom stereocenters. The highest BCUT2D eigenvalue weighted by Gasteiger charge is 2.25. The molecule has 0 radical (unpaired) electrons. The number of hydrogen-bond acceptors (Lipinski definition) is 3. The number of ether oxygens (including phenoxy) is 1. The van der Waals surface area contributed by atoms with Crippen molar-refractivity contribution < 1.29 is 9.53 Å². The Kier molecular flexibility index (Phi) is 5.53. The lowest BCUT2D eigenvalue weighted by atomic mass is 10.1. The van der Waals surface area contributed by atoms with Gasteiger partial charge in [-0.3, -0.25) is 4.79 Å². The minimum absolute atomic E-state index is 0.122. The predicted molar refractivity (Wildman–Crippen MR) is 121 cm³/mol. The maximum absolute atomic E-state index is 13.3. The van der Waals surface area contributed by atoms with Gasteiger partial charge in [0, 0.05) is 48.9 Å². The van der Waals surface area contributed by atoms with Crippen molar-refractivity contribution >= 4 is 11.6 Å². The molecule has 5 nitrogen and oxygen atoms in total. The molecular weight excluding hydrogens is 374 g/mol. The highest BCUT2D eigenvalue weighted by molar-refractivity contribution is 5.96. The first-order chi connectivity index (χ1) is 14.5. The minimum atomic E-state index is 0.122. The molecule has 1 fully saturated rings. The number of carbonyl (C=O) groups excluding carboxylic acids is 1. The van der Waals surface area contributed by atoms with Crippen molar-refractivity contribution in [2.75, 3.05) is 38.2 Å². The average molecular weight is 404 g/mol. The van der Waals surface area contributed by atoms with Crippen LogP contribution < -0.4 is 9.64 Å². The zero-order valence-electron chi connectivity index (χ0n) is 18.2. The van der Waals surface area contributed by atoms with Crippen molar-refractivity contribution in [2.24, 2.45) is 0 Å². The van der Waals surface area contributed by atoms with E-state index in [0.29, 0.717) is 0 Å². The van der Waals surface area contributed by atoms with Crippen LogP contribution in [0.5, 0.6) is 5.75 Å². The van der Waals surface area contributed by atoms with Crippen LogP contribution in [-0.4, -0.2) is 48.7 Å². The van der Waals surface area contributed by atoms with Gasteiger partial charge in [0.05, 0.1) is 12.7 Å². The first-order valence-corrected chi connectivity index (χ1v) is 10.4.